The van der Waals surface area contributed by atoms with Gasteiger partial charge in [-0.05, 0) is 37.0 Å². The van der Waals surface area contributed by atoms with Crippen LogP contribution in [0.5, 0.6) is 0 Å². The highest BCUT2D eigenvalue weighted by Gasteiger charge is 2.39. The van der Waals surface area contributed by atoms with Gasteiger partial charge < -0.3 is 10.3 Å². The highest BCUT2D eigenvalue weighted by Crippen LogP contribution is 2.48. The van der Waals surface area contributed by atoms with Crippen molar-refractivity contribution in [1.29, 1.82) is 0 Å². The van der Waals surface area contributed by atoms with Crippen molar-refractivity contribution in [3.8, 4) is 11.1 Å². The fraction of sp³-hybridized carbons (Fsp3) is 0.438. The molecule has 2 aromatic rings. The van der Waals surface area contributed by atoms with E-state index in [1.165, 1.54) is 12.1 Å². The molecule has 5 heteroatoms. The van der Waals surface area contributed by atoms with Crippen LogP contribution in [-0.4, -0.2) is 5.16 Å². The van der Waals surface area contributed by atoms with E-state index >= 15 is 0 Å². The second-order valence-electron chi connectivity index (χ2n) is 5.77. The third kappa shape index (κ3) is 2.30. The summed E-state index contributed by atoms with van der Waals surface area (Å²) in [5, 5.41) is 4.13. The van der Waals surface area contributed by atoms with Crippen LogP contribution in [0.4, 0.5) is 14.7 Å². The summed E-state index contributed by atoms with van der Waals surface area (Å²) in [6, 6.07) is 3.39. The summed E-state index contributed by atoms with van der Waals surface area (Å²) >= 11 is 0. The van der Waals surface area contributed by atoms with E-state index in [2.05, 4.69) is 12.1 Å². The Bertz CT molecular complexity index is 640. The lowest BCUT2D eigenvalue weighted by atomic mass is 9.77. The Morgan fingerprint density at radius 2 is 1.81 bits per heavy atom. The molecule has 0 atom stereocenters. The number of hydrogen-bond donors (Lipinski definition) is 1. The van der Waals surface area contributed by atoms with Gasteiger partial charge in [-0.15, -0.1) is 0 Å². The predicted octanol–water partition coefficient (Wildman–Crippen LogP) is 4.42. The standard InChI is InChI=1S/C16H18F2N2O/c1-2-16(5-3-4-6-16)14-13(15(19)21-20-14)10-7-11(17)9-12(18)8-10/h7-9H,2-6,19H2,1H3. The Labute approximate surface area is 122 Å². The smallest absolute Gasteiger partial charge is 0.230 e. The van der Waals surface area contributed by atoms with Crippen molar-refractivity contribution in [3.05, 3.63) is 35.5 Å². The van der Waals surface area contributed by atoms with E-state index in [0.29, 0.717) is 11.1 Å². The van der Waals surface area contributed by atoms with E-state index in [9.17, 15) is 8.78 Å². The Balaban J connectivity index is 2.17. The zero-order valence-electron chi connectivity index (χ0n) is 12.0. The summed E-state index contributed by atoms with van der Waals surface area (Å²) in [6.45, 7) is 2.10. The quantitative estimate of drug-likeness (QED) is 0.910. The van der Waals surface area contributed by atoms with Gasteiger partial charge in [0.2, 0.25) is 5.88 Å². The number of nitrogens with zero attached hydrogens (tertiary/aromatic N) is 1. The van der Waals surface area contributed by atoms with Crippen molar-refractivity contribution < 1.29 is 13.3 Å². The highest BCUT2D eigenvalue weighted by molar-refractivity contribution is 5.76. The van der Waals surface area contributed by atoms with Crippen LogP contribution in [0.1, 0.15) is 44.7 Å². The number of halogens is 2. The molecule has 0 spiro atoms. The second kappa shape index (κ2) is 5.13. The molecular formula is C16H18F2N2O. The zero-order chi connectivity index (χ0) is 15.0. The molecule has 1 aromatic heterocycles. The topological polar surface area (TPSA) is 52.0 Å². The summed E-state index contributed by atoms with van der Waals surface area (Å²) in [7, 11) is 0. The van der Waals surface area contributed by atoms with Gasteiger partial charge in [0.25, 0.3) is 0 Å². The van der Waals surface area contributed by atoms with Gasteiger partial charge in [0.1, 0.15) is 11.6 Å². The summed E-state index contributed by atoms with van der Waals surface area (Å²) in [6.07, 6.45) is 5.15. The molecule has 3 nitrogen and oxygen atoms in total. The third-order valence-electron chi connectivity index (χ3n) is 4.61. The molecule has 1 heterocycles. The van der Waals surface area contributed by atoms with Crippen molar-refractivity contribution in [2.45, 2.75) is 44.4 Å². The molecule has 0 amide bonds. The molecule has 0 bridgehead atoms. The maximum Gasteiger partial charge on any atom is 0.230 e. The summed E-state index contributed by atoms with van der Waals surface area (Å²) in [5.74, 6) is -1.14. The van der Waals surface area contributed by atoms with E-state index in [4.69, 9.17) is 10.3 Å². The van der Waals surface area contributed by atoms with Crippen molar-refractivity contribution in [2.75, 3.05) is 5.73 Å². The zero-order valence-corrected chi connectivity index (χ0v) is 12.0. The van der Waals surface area contributed by atoms with E-state index in [0.717, 1.165) is 43.9 Å². The number of nitrogen functional groups attached to an aromatic ring is 1. The van der Waals surface area contributed by atoms with Gasteiger partial charge in [-0.1, -0.05) is 24.9 Å². The van der Waals surface area contributed by atoms with Crippen LogP contribution in [0.15, 0.2) is 22.7 Å². The number of benzene rings is 1. The van der Waals surface area contributed by atoms with Gasteiger partial charge >= 0.3 is 0 Å². The van der Waals surface area contributed by atoms with Gasteiger partial charge in [-0.25, -0.2) is 8.78 Å². The first-order valence-corrected chi connectivity index (χ1v) is 7.28. The lowest BCUT2D eigenvalue weighted by Crippen LogP contribution is -2.22. The second-order valence-corrected chi connectivity index (χ2v) is 5.77. The first kappa shape index (κ1) is 14.0. The molecular weight excluding hydrogens is 274 g/mol. The van der Waals surface area contributed by atoms with Crippen molar-refractivity contribution >= 4 is 5.88 Å². The first-order valence-electron chi connectivity index (χ1n) is 7.28. The molecule has 0 aliphatic heterocycles. The van der Waals surface area contributed by atoms with Gasteiger partial charge in [0, 0.05) is 11.5 Å². The van der Waals surface area contributed by atoms with Crippen LogP contribution in [0.2, 0.25) is 0 Å². The molecule has 0 radical (unpaired) electrons. The van der Waals surface area contributed by atoms with E-state index < -0.39 is 11.6 Å². The molecule has 1 aromatic carbocycles. The molecule has 1 saturated carbocycles. The van der Waals surface area contributed by atoms with E-state index in [1.807, 2.05) is 0 Å². The van der Waals surface area contributed by atoms with Gasteiger partial charge in [-0.2, -0.15) is 0 Å². The minimum Gasteiger partial charge on any atom is -0.367 e. The van der Waals surface area contributed by atoms with Crippen molar-refractivity contribution in [2.24, 2.45) is 0 Å². The highest BCUT2D eigenvalue weighted by atomic mass is 19.1. The average molecular weight is 292 g/mol. The van der Waals surface area contributed by atoms with Crippen LogP contribution < -0.4 is 5.73 Å². The molecule has 2 N–H and O–H groups in total. The number of anilines is 1. The molecule has 0 saturated heterocycles. The Morgan fingerprint density at radius 3 is 2.38 bits per heavy atom. The van der Waals surface area contributed by atoms with Crippen LogP contribution in [0.3, 0.4) is 0 Å². The van der Waals surface area contributed by atoms with Gasteiger partial charge in [0.05, 0.1) is 11.3 Å². The average Bonchev–Trinajstić information content (AvgIpc) is 3.04. The van der Waals surface area contributed by atoms with Crippen LogP contribution in [0.25, 0.3) is 11.1 Å². The molecule has 1 fully saturated rings. The fourth-order valence-corrected chi connectivity index (χ4v) is 3.45. The molecule has 0 unspecified atom stereocenters. The molecule has 1 aliphatic rings. The minimum atomic E-state index is -0.631. The monoisotopic (exact) mass is 292 g/mol. The third-order valence-corrected chi connectivity index (χ3v) is 4.61. The molecule has 112 valence electrons. The van der Waals surface area contributed by atoms with Crippen molar-refractivity contribution in [1.82, 2.24) is 5.16 Å². The SMILES string of the molecule is CCC1(c2noc(N)c2-c2cc(F)cc(F)c2)CCCC1. The van der Waals surface area contributed by atoms with Crippen LogP contribution >= 0.6 is 0 Å². The Kier molecular flexibility index (Phi) is 3.43. The summed E-state index contributed by atoms with van der Waals surface area (Å²) in [4.78, 5) is 0. The van der Waals surface area contributed by atoms with Crippen LogP contribution in [-0.2, 0) is 5.41 Å². The largest absolute Gasteiger partial charge is 0.367 e. The summed E-state index contributed by atoms with van der Waals surface area (Å²) in [5.41, 5.74) is 7.45. The van der Waals surface area contributed by atoms with Crippen LogP contribution in [0, 0.1) is 11.6 Å². The first-order chi connectivity index (χ1) is 10.1. The lowest BCUT2D eigenvalue weighted by Gasteiger charge is -2.26. The molecule has 3 rings (SSSR count). The molecule has 21 heavy (non-hydrogen) atoms. The van der Waals surface area contributed by atoms with E-state index in [-0.39, 0.29) is 11.3 Å². The maximum absolute atomic E-state index is 13.5. The fourth-order valence-electron chi connectivity index (χ4n) is 3.45. The number of aromatic nitrogens is 1. The Morgan fingerprint density at radius 1 is 1.19 bits per heavy atom. The lowest BCUT2D eigenvalue weighted by molar-refractivity contribution is 0.361. The number of nitrogens with two attached hydrogens (primary N) is 1. The predicted molar refractivity (Wildman–Crippen MR) is 76.7 cm³/mol. The minimum absolute atomic E-state index is 0.0980. The van der Waals surface area contributed by atoms with Gasteiger partial charge in [-0.3, -0.25) is 0 Å². The number of hydrogen-bond acceptors (Lipinski definition) is 3. The Hall–Kier alpha value is -1.91. The normalized spacial score (nSPS) is 17.3. The van der Waals surface area contributed by atoms with Gasteiger partial charge in [0.15, 0.2) is 0 Å². The molecule has 1 aliphatic carbocycles. The van der Waals surface area contributed by atoms with E-state index in [1.54, 1.807) is 0 Å². The maximum atomic E-state index is 13.5. The van der Waals surface area contributed by atoms with Crippen molar-refractivity contribution in [3.63, 3.8) is 0 Å². The summed E-state index contributed by atoms with van der Waals surface area (Å²) < 4.78 is 32.2. The number of rotatable bonds is 3.